The molecule has 0 unspecified atom stereocenters. The molecule has 0 aliphatic carbocycles. The third-order valence-electron chi connectivity index (χ3n) is 2.08. The Kier molecular flexibility index (Phi) is 4.67. The van der Waals surface area contributed by atoms with Crippen LogP contribution in [0.3, 0.4) is 0 Å². The maximum absolute atomic E-state index is 12.4. The minimum Gasteiger partial charge on any atom is -0.496 e. The van der Waals surface area contributed by atoms with Gasteiger partial charge in [-0.1, -0.05) is 0 Å². The highest BCUT2D eigenvalue weighted by molar-refractivity contribution is 8.00. The lowest BCUT2D eigenvalue weighted by atomic mass is 10.1. The van der Waals surface area contributed by atoms with Crippen molar-refractivity contribution in [3.63, 3.8) is 0 Å². The van der Waals surface area contributed by atoms with Gasteiger partial charge < -0.3 is 9.47 Å². The van der Waals surface area contributed by atoms with E-state index in [1.165, 1.54) is 13.2 Å². The molecule has 102 valence electrons. The van der Waals surface area contributed by atoms with Crippen molar-refractivity contribution < 1.29 is 27.4 Å². The maximum atomic E-state index is 12.4. The third-order valence-corrected chi connectivity index (χ3v) is 2.87. The summed E-state index contributed by atoms with van der Waals surface area (Å²) < 4.78 is 46.4. The van der Waals surface area contributed by atoms with E-state index < -0.39 is 28.8 Å². The van der Waals surface area contributed by atoms with E-state index >= 15 is 0 Å². The largest absolute Gasteiger partial charge is 0.496 e. The van der Waals surface area contributed by atoms with Gasteiger partial charge in [-0.05, 0) is 23.9 Å². The van der Waals surface area contributed by atoms with E-state index in [1.807, 2.05) is 0 Å². The summed E-state index contributed by atoms with van der Waals surface area (Å²) in [4.78, 5) is 11.2. The van der Waals surface area contributed by atoms with Crippen LogP contribution in [0.1, 0.15) is 15.9 Å². The van der Waals surface area contributed by atoms with Gasteiger partial charge in [0.2, 0.25) is 0 Å². The first-order chi connectivity index (χ1) is 8.84. The Balaban J connectivity index is 3.46. The molecule has 0 bridgehead atoms. The molecule has 0 radical (unpaired) electrons. The normalized spacial score (nSPS) is 10.7. The number of benzene rings is 1. The number of hydrogen-bond acceptors (Lipinski definition) is 5. The van der Waals surface area contributed by atoms with Gasteiger partial charge in [0.1, 0.15) is 17.4 Å². The molecule has 0 aliphatic rings. The molecule has 0 spiro atoms. The molecule has 0 saturated carbocycles. The Bertz CT molecular complexity index is 537. The number of carbonyl (C=O) groups is 1. The fourth-order valence-corrected chi connectivity index (χ4v) is 2.00. The summed E-state index contributed by atoms with van der Waals surface area (Å²) in [5.74, 6) is -0.951. The van der Waals surface area contributed by atoms with Crippen LogP contribution in [-0.2, 0) is 4.74 Å². The Morgan fingerprint density at radius 1 is 1.37 bits per heavy atom. The first-order valence-corrected chi connectivity index (χ1v) is 5.60. The maximum Gasteiger partial charge on any atom is 0.446 e. The van der Waals surface area contributed by atoms with Crippen LogP contribution in [-0.4, -0.2) is 25.7 Å². The Labute approximate surface area is 111 Å². The van der Waals surface area contributed by atoms with Crippen molar-refractivity contribution in [3.8, 4) is 11.8 Å². The fraction of sp³-hybridized carbons (Fsp3) is 0.273. The topological polar surface area (TPSA) is 59.3 Å². The number of hydrogen-bond donors (Lipinski definition) is 0. The first-order valence-electron chi connectivity index (χ1n) is 4.79. The van der Waals surface area contributed by atoms with Gasteiger partial charge in [0.05, 0.1) is 19.8 Å². The van der Waals surface area contributed by atoms with E-state index in [-0.39, 0.29) is 16.2 Å². The van der Waals surface area contributed by atoms with Crippen LogP contribution >= 0.6 is 11.8 Å². The SMILES string of the molecule is COC(=O)c1c(OC)ccc(SC(F)(F)F)c1C#N. The van der Waals surface area contributed by atoms with Crippen molar-refractivity contribution in [2.24, 2.45) is 0 Å². The van der Waals surface area contributed by atoms with Crippen LogP contribution in [0.5, 0.6) is 5.75 Å². The number of nitriles is 1. The summed E-state index contributed by atoms with van der Waals surface area (Å²) in [6.45, 7) is 0. The Morgan fingerprint density at radius 3 is 2.42 bits per heavy atom. The molecule has 0 saturated heterocycles. The van der Waals surface area contributed by atoms with Gasteiger partial charge in [0.15, 0.2) is 0 Å². The molecule has 4 nitrogen and oxygen atoms in total. The van der Waals surface area contributed by atoms with Gasteiger partial charge in [-0.25, -0.2) is 4.79 Å². The van der Waals surface area contributed by atoms with Gasteiger partial charge in [0, 0.05) is 4.90 Å². The highest BCUT2D eigenvalue weighted by Gasteiger charge is 2.32. The number of halogens is 3. The van der Waals surface area contributed by atoms with E-state index in [0.29, 0.717) is 0 Å². The molecular weight excluding hydrogens is 283 g/mol. The summed E-state index contributed by atoms with van der Waals surface area (Å²) in [7, 11) is 2.30. The lowest BCUT2D eigenvalue weighted by molar-refractivity contribution is -0.0328. The summed E-state index contributed by atoms with van der Waals surface area (Å²) in [6.07, 6.45) is 0. The number of nitrogens with zero attached hydrogens (tertiary/aromatic N) is 1. The van der Waals surface area contributed by atoms with Crippen LogP contribution in [0.25, 0.3) is 0 Å². The molecular formula is C11H8F3NO3S. The second kappa shape index (κ2) is 5.84. The minimum atomic E-state index is -4.56. The van der Waals surface area contributed by atoms with Gasteiger partial charge in [0.25, 0.3) is 0 Å². The van der Waals surface area contributed by atoms with Crippen molar-refractivity contribution in [1.82, 2.24) is 0 Å². The Hall–Kier alpha value is -1.88. The molecule has 0 atom stereocenters. The van der Waals surface area contributed by atoms with Crippen molar-refractivity contribution in [1.29, 1.82) is 5.26 Å². The van der Waals surface area contributed by atoms with E-state index in [4.69, 9.17) is 10.00 Å². The average Bonchev–Trinajstić information content (AvgIpc) is 2.35. The van der Waals surface area contributed by atoms with Crippen LogP contribution in [0.15, 0.2) is 17.0 Å². The quantitative estimate of drug-likeness (QED) is 0.633. The predicted molar refractivity (Wildman–Crippen MR) is 61.0 cm³/mol. The second-order valence-electron chi connectivity index (χ2n) is 3.17. The molecule has 1 aromatic carbocycles. The number of esters is 1. The minimum absolute atomic E-state index is 0.0186. The van der Waals surface area contributed by atoms with Crippen molar-refractivity contribution in [2.45, 2.75) is 10.4 Å². The average molecular weight is 291 g/mol. The Morgan fingerprint density at radius 2 is 2.00 bits per heavy atom. The van der Waals surface area contributed by atoms with E-state index in [0.717, 1.165) is 13.2 Å². The highest BCUT2D eigenvalue weighted by atomic mass is 32.2. The summed E-state index contributed by atoms with van der Waals surface area (Å²) in [5, 5.41) is 8.97. The van der Waals surface area contributed by atoms with Crippen molar-refractivity contribution in [3.05, 3.63) is 23.3 Å². The molecule has 0 aliphatic heterocycles. The molecule has 0 N–H and O–H groups in total. The van der Waals surface area contributed by atoms with E-state index in [9.17, 15) is 18.0 Å². The molecule has 1 rings (SSSR count). The van der Waals surface area contributed by atoms with Gasteiger partial charge in [-0.3, -0.25) is 0 Å². The number of rotatable bonds is 3. The number of methoxy groups -OCH3 is 2. The second-order valence-corrected chi connectivity index (χ2v) is 4.27. The lowest BCUT2D eigenvalue weighted by Crippen LogP contribution is -2.09. The van der Waals surface area contributed by atoms with E-state index in [2.05, 4.69) is 4.74 Å². The molecule has 0 fully saturated rings. The highest BCUT2D eigenvalue weighted by Crippen LogP contribution is 2.41. The molecule has 0 aromatic heterocycles. The van der Waals surface area contributed by atoms with Gasteiger partial charge in [-0.2, -0.15) is 18.4 Å². The summed E-state index contributed by atoms with van der Waals surface area (Å²) >= 11 is -0.473. The molecule has 0 amide bonds. The van der Waals surface area contributed by atoms with Crippen molar-refractivity contribution in [2.75, 3.05) is 14.2 Å². The smallest absolute Gasteiger partial charge is 0.446 e. The first kappa shape index (κ1) is 15.2. The van der Waals surface area contributed by atoms with Crippen LogP contribution in [0.2, 0.25) is 0 Å². The zero-order valence-electron chi connectivity index (χ0n) is 9.87. The zero-order valence-corrected chi connectivity index (χ0v) is 10.7. The number of alkyl halides is 3. The fourth-order valence-electron chi connectivity index (χ4n) is 1.36. The molecule has 19 heavy (non-hydrogen) atoms. The van der Waals surface area contributed by atoms with Crippen LogP contribution in [0.4, 0.5) is 13.2 Å². The summed E-state index contributed by atoms with van der Waals surface area (Å²) in [6, 6.07) is 3.83. The number of thioether (sulfide) groups is 1. The van der Waals surface area contributed by atoms with E-state index in [1.54, 1.807) is 6.07 Å². The summed E-state index contributed by atoms with van der Waals surface area (Å²) in [5.41, 5.74) is -5.30. The standard InChI is InChI=1S/C11H8F3NO3S/c1-17-7-3-4-8(19-11(12,13)14)6(5-15)9(7)10(16)18-2/h3-4H,1-2H3. The predicted octanol–water partition coefficient (Wildman–Crippen LogP) is 2.97. The van der Waals surface area contributed by atoms with Gasteiger partial charge >= 0.3 is 11.5 Å². The monoisotopic (exact) mass is 291 g/mol. The van der Waals surface area contributed by atoms with Crippen LogP contribution in [0, 0.1) is 11.3 Å². The number of ether oxygens (including phenoxy) is 2. The molecule has 8 heteroatoms. The molecule has 0 heterocycles. The van der Waals surface area contributed by atoms with Crippen molar-refractivity contribution >= 4 is 17.7 Å². The molecule has 1 aromatic rings. The van der Waals surface area contributed by atoms with Crippen LogP contribution < -0.4 is 4.74 Å². The zero-order chi connectivity index (χ0) is 14.6. The lowest BCUT2D eigenvalue weighted by Gasteiger charge is -2.12. The van der Waals surface area contributed by atoms with Gasteiger partial charge in [-0.15, -0.1) is 0 Å². The number of carbonyl (C=O) groups excluding carboxylic acids is 1. The third kappa shape index (κ3) is 3.54.